The maximum absolute atomic E-state index is 9.55. The van der Waals surface area contributed by atoms with Crippen molar-refractivity contribution >= 4 is 11.9 Å². The van der Waals surface area contributed by atoms with Crippen LogP contribution in [0.4, 0.5) is 0 Å². The van der Waals surface area contributed by atoms with Gasteiger partial charge in [-0.1, -0.05) is 12.8 Å². The molecule has 3 N–H and O–H groups in total. The van der Waals surface area contributed by atoms with Gasteiger partial charge in [0.2, 0.25) is 0 Å². The highest BCUT2D eigenvalue weighted by Gasteiger charge is 1.94. The number of carboxylic acid groups (broad SMARTS) is 2. The van der Waals surface area contributed by atoms with Crippen LogP contribution in [-0.4, -0.2) is 35.2 Å². The molecule has 0 atom stereocenters. The van der Waals surface area contributed by atoms with Crippen LogP contribution in [0.15, 0.2) is 12.2 Å². The molecule has 1 saturated heterocycles. The molecule has 0 bridgehead atoms. The summed E-state index contributed by atoms with van der Waals surface area (Å²) in [6.07, 6.45) is 6.77. The molecule has 0 saturated carbocycles. The highest BCUT2D eigenvalue weighted by molar-refractivity contribution is 5.89. The largest absolute Gasteiger partial charge is 0.478 e. The predicted molar refractivity (Wildman–Crippen MR) is 55.7 cm³/mol. The van der Waals surface area contributed by atoms with E-state index < -0.39 is 11.9 Å². The summed E-state index contributed by atoms with van der Waals surface area (Å²) in [5.41, 5.74) is 0. The third kappa shape index (κ3) is 12.6. The van der Waals surface area contributed by atoms with E-state index in [2.05, 4.69) is 5.32 Å². The van der Waals surface area contributed by atoms with Crippen molar-refractivity contribution in [1.82, 2.24) is 5.32 Å². The quantitative estimate of drug-likeness (QED) is 0.595. The second-order valence-electron chi connectivity index (χ2n) is 3.17. The van der Waals surface area contributed by atoms with Gasteiger partial charge in [0.05, 0.1) is 0 Å². The summed E-state index contributed by atoms with van der Waals surface area (Å²) in [5, 5.41) is 19.0. The molecular formula is C10H17NO4. The van der Waals surface area contributed by atoms with Gasteiger partial charge in [-0.15, -0.1) is 0 Å². The monoisotopic (exact) mass is 215 g/mol. The summed E-state index contributed by atoms with van der Waals surface area (Å²) in [6, 6.07) is 0. The van der Waals surface area contributed by atoms with Crippen LogP contribution in [0.3, 0.4) is 0 Å². The van der Waals surface area contributed by atoms with Crippen LogP contribution in [-0.2, 0) is 9.59 Å². The maximum Gasteiger partial charge on any atom is 0.328 e. The molecule has 1 aliphatic rings. The number of aliphatic carboxylic acids is 2. The van der Waals surface area contributed by atoms with Crippen LogP contribution in [0.25, 0.3) is 0 Å². The van der Waals surface area contributed by atoms with Crippen molar-refractivity contribution in [1.29, 1.82) is 0 Å². The van der Waals surface area contributed by atoms with Gasteiger partial charge < -0.3 is 15.5 Å². The molecule has 1 fully saturated rings. The molecule has 0 radical (unpaired) electrons. The lowest BCUT2D eigenvalue weighted by Crippen LogP contribution is -2.12. The summed E-state index contributed by atoms with van der Waals surface area (Å²) in [7, 11) is 0. The number of hydrogen-bond donors (Lipinski definition) is 3. The topological polar surface area (TPSA) is 86.6 Å². The van der Waals surface area contributed by atoms with E-state index in [4.69, 9.17) is 10.2 Å². The lowest BCUT2D eigenvalue weighted by atomic mass is 10.2. The molecule has 15 heavy (non-hydrogen) atoms. The van der Waals surface area contributed by atoms with Crippen LogP contribution < -0.4 is 5.32 Å². The van der Waals surface area contributed by atoms with Crippen LogP contribution in [0.5, 0.6) is 0 Å². The molecule has 0 unspecified atom stereocenters. The molecule has 86 valence electrons. The van der Waals surface area contributed by atoms with Crippen molar-refractivity contribution in [3.8, 4) is 0 Å². The Labute approximate surface area is 88.8 Å². The summed E-state index contributed by atoms with van der Waals surface area (Å²) in [4.78, 5) is 19.1. The molecule has 0 aliphatic carbocycles. The van der Waals surface area contributed by atoms with E-state index >= 15 is 0 Å². The first kappa shape index (κ1) is 13.6. The van der Waals surface area contributed by atoms with Gasteiger partial charge in [0.25, 0.3) is 0 Å². The molecule has 1 rings (SSSR count). The van der Waals surface area contributed by atoms with Gasteiger partial charge >= 0.3 is 11.9 Å². The molecule has 1 aliphatic heterocycles. The second kappa shape index (κ2) is 9.21. The van der Waals surface area contributed by atoms with Gasteiger partial charge in [-0.3, -0.25) is 0 Å². The SMILES string of the molecule is C1CCCNCC1.O=C(O)/C=C\C(=O)O. The third-order valence-electron chi connectivity index (χ3n) is 1.83. The Morgan fingerprint density at radius 2 is 1.27 bits per heavy atom. The van der Waals surface area contributed by atoms with Gasteiger partial charge in [-0.25, -0.2) is 9.59 Å². The fraction of sp³-hybridized carbons (Fsp3) is 0.600. The van der Waals surface area contributed by atoms with E-state index in [9.17, 15) is 9.59 Å². The second-order valence-corrected chi connectivity index (χ2v) is 3.17. The molecule has 0 spiro atoms. The minimum atomic E-state index is -1.26. The smallest absolute Gasteiger partial charge is 0.328 e. The number of carbonyl (C=O) groups is 2. The molecule has 0 aromatic heterocycles. The van der Waals surface area contributed by atoms with Crippen molar-refractivity contribution < 1.29 is 19.8 Å². The highest BCUT2D eigenvalue weighted by Crippen LogP contribution is 2.00. The molecular weight excluding hydrogens is 198 g/mol. The van der Waals surface area contributed by atoms with Crippen molar-refractivity contribution in [2.75, 3.05) is 13.1 Å². The van der Waals surface area contributed by atoms with Crippen LogP contribution in [0.2, 0.25) is 0 Å². The predicted octanol–water partition coefficient (Wildman–Crippen LogP) is 0.862. The van der Waals surface area contributed by atoms with E-state index in [1.165, 1.54) is 38.8 Å². The fourth-order valence-electron chi connectivity index (χ4n) is 1.12. The fourth-order valence-corrected chi connectivity index (χ4v) is 1.12. The zero-order valence-corrected chi connectivity index (χ0v) is 8.61. The minimum Gasteiger partial charge on any atom is -0.478 e. The Morgan fingerprint density at radius 3 is 1.60 bits per heavy atom. The molecule has 5 nitrogen and oxygen atoms in total. The first-order chi connectivity index (χ1) is 7.13. The van der Waals surface area contributed by atoms with E-state index in [0.29, 0.717) is 12.2 Å². The summed E-state index contributed by atoms with van der Waals surface area (Å²) < 4.78 is 0. The number of nitrogens with one attached hydrogen (secondary N) is 1. The summed E-state index contributed by atoms with van der Waals surface area (Å²) in [5.74, 6) is -2.51. The Morgan fingerprint density at radius 1 is 0.867 bits per heavy atom. The third-order valence-corrected chi connectivity index (χ3v) is 1.83. The molecule has 5 heteroatoms. The zero-order valence-electron chi connectivity index (χ0n) is 8.61. The van der Waals surface area contributed by atoms with Crippen molar-refractivity contribution in [2.45, 2.75) is 25.7 Å². The number of carboxylic acids is 2. The van der Waals surface area contributed by atoms with Crippen LogP contribution in [0, 0.1) is 0 Å². The van der Waals surface area contributed by atoms with Gasteiger partial charge in [0, 0.05) is 12.2 Å². The first-order valence-electron chi connectivity index (χ1n) is 4.97. The van der Waals surface area contributed by atoms with Crippen molar-refractivity contribution in [2.24, 2.45) is 0 Å². The van der Waals surface area contributed by atoms with E-state index in [0.717, 1.165) is 0 Å². The van der Waals surface area contributed by atoms with Crippen LogP contribution in [0.1, 0.15) is 25.7 Å². The normalized spacial score (nSPS) is 16.3. The molecule has 1 heterocycles. The lowest BCUT2D eigenvalue weighted by molar-refractivity contribution is -0.134. The Hall–Kier alpha value is -1.36. The molecule has 0 aromatic rings. The molecule has 0 amide bonds. The minimum absolute atomic E-state index is 0.558. The molecule has 0 aromatic carbocycles. The van der Waals surface area contributed by atoms with Gasteiger partial charge in [-0.2, -0.15) is 0 Å². The Kier molecular flexibility index (Phi) is 8.37. The van der Waals surface area contributed by atoms with Gasteiger partial charge in [-0.05, 0) is 25.9 Å². The van der Waals surface area contributed by atoms with Crippen LogP contribution >= 0.6 is 0 Å². The Balaban J connectivity index is 0.000000262. The van der Waals surface area contributed by atoms with Gasteiger partial charge in [0.1, 0.15) is 0 Å². The van der Waals surface area contributed by atoms with Crippen molar-refractivity contribution in [3.05, 3.63) is 12.2 Å². The average Bonchev–Trinajstić information content (AvgIpc) is 2.47. The van der Waals surface area contributed by atoms with Crippen molar-refractivity contribution in [3.63, 3.8) is 0 Å². The average molecular weight is 215 g/mol. The lowest BCUT2D eigenvalue weighted by Gasteiger charge is -1.91. The van der Waals surface area contributed by atoms with Gasteiger partial charge in [0.15, 0.2) is 0 Å². The zero-order chi connectivity index (χ0) is 11.5. The standard InChI is InChI=1S/C6H13N.C4H4O4/c1-2-4-6-7-5-3-1;5-3(6)1-2-4(7)8/h7H,1-6H2;1-2H,(H,5,6)(H,7,8)/b;2-1-. The first-order valence-corrected chi connectivity index (χ1v) is 4.97. The number of rotatable bonds is 2. The van der Waals surface area contributed by atoms with E-state index in [1.807, 2.05) is 0 Å². The number of hydrogen-bond acceptors (Lipinski definition) is 3. The Bertz CT molecular complexity index is 190. The van der Waals surface area contributed by atoms with E-state index in [-0.39, 0.29) is 0 Å². The van der Waals surface area contributed by atoms with E-state index in [1.54, 1.807) is 0 Å². The summed E-state index contributed by atoms with van der Waals surface area (Å²) in [6.45, 7) is 2.50. The highest BCUT2D eigenvalue weighted by atomic mass is 16.4. The summed E-state index contributed by atoms with van der Waals surface area (Å²) >= 11 is 0. The maximum atomic E-state index is 9.55.